The summed E-state index contributed by atoms with van der Waals surface area (Å²) in [5, 5.41) is 4.56. The van der Waals surface area contributed by atoms with Crippen LogP contribution in [0, 0.1) is 5.82 Å². The lowest BCUT2D eigenvalue weighted by Crippen LogP contribution is -2.31. The summed E-state index contributed by atoms with van der Waals surface area (Å²) in [6.45, 7) is 2.15. The van der Waals surface area contributed by atoms with Gasteiger partial charge in [0.25, 0.3) is 0 Å². The highest BCUT2D eigenvalue weighted by atomic mass is 32.2. The quantitative estimate of drug-likeness (QED) is 0.685. The molecule has 126 valence electrons. The third-order valence-electron chi connectivity index (χ3n) is 3.77. The molecule has 2 aromatic carbocycles. The fraction of sp³-hybridized carbons (Fsp3) is 0.235. The number of aromatic nitrogens is 1. The third kappa shape index (κ3) is 3.47. The van der Waals surface area contributed by atoms with Crippen molar-refractivity contribution in [2.75, 3.05) is 6.54 Å². The number of sulfonamides is 1. The van der Waals surface area contributed by atoms with Crippen LogP contribution in [0.2, 0.25) is 0 Å². The second kappa shape index (κ2) is 6.70. The van der Waals surface area contributed by atoms with E-state index < -0.39 is 10.0 Å². The summed E-state index contributed by atoms with van der Waals surface area (Å²) in [4.78, 5) is 0. The van der Waals surface area contributed by atoms with Gasteiger partial charge in [-0.2, -0.15) is 4.31 Å². The Bertz CT molecular complexity index is 953. The SMILES string of the molecule is CCN(Cc1cccc(F)c1)S(=O)(=O)Cc1noc2ccccc12. The molecule has 0 aliphatic rings. The molecule has 0 bridgehead atoms. The standard InChI is InChI=1S/C17H17FN2O3S/c1-2-20(11-13-6-5-7-14(18)10-13)24(21,22)12-16-15-8-3-4-9-17(15)23-19-16/h3-10H,2,11-12H2,1H3. The van der Waals surface area contributed by atoms with E-state index in [1.807, 2.05) is 0 Å². The van der Waals surface area contributed by atoms with Crippen LogP contribution in [0.5, 0.6) is 0 Å². The van der Waals surface area contributed by atoms with Crippen LogP contribution in [-0.2, 0) is 22.3 Å². The number of benzene rings is 2. The van der Waals surface area contributed by atoms with Crippen LogP contribution in [-0.4, -0.2) is 24.4 Å². The molecule has 3 rings (SSSR count). The van der Waals surface area contributed by atoms with Crippen molar-refractivity contribution >= 4 is 21.0 Å². The van der Waals surface area contributed by atoms with Crippen LogP contribution in [0.4, 0.5) is 4.39 Å². The Morgan fingerprint density at radius 2 is 1.96 bits per heavy atom. The lowest BCUT2D eigenvalue weighted by molar-refractivity contribution is 0.417. The summed E-state index contributed by atoms with van der Waals surface area (Å²) < 4.78 is 45.2. The smallest absolute Gasteiger partial charge is 0.220 e. The molecule has 0 unspecified atom stereocenters. The average Bonchev–Trinajstić information content (AvgIpc) is 2.95. The zero-order valence-corrected chi connectivity index (χ0v) is 14.0. The van der Waals surface area contributed by atoms with E-state index in [9.17, 15) is 12.8 Å². The van der Waals surface area contributed by atoms with Crippen molar-refractivity contribution < 1.29 is 17.3 Å². The molecular weight excluding hydrogens is 331 g/mol. The first-order chi connectivity index (χ1) is 11.5. The molecule has 0 spiro atoms. The predicted octanol–water partition coefficient (Wildman–Crippen LogP) is 3.32. The van der Waals surface area contributed by atoms with Crippen LogP contribution >= 0.6 is 0 Å². The topological polar surface area (TPSA) is 63.4 Å². The van der Waals surface area contributed by atoms with E-state index in [-0.39, 0.29) is 24.7 Å². The summed E-state index contributed by atoms with van der Waals surface area (Å²) in [5.74, 6) is -0.642. The predicted molar refractivity (Wildman–Crippen MR) is 89.1 cm³/mol. The van der Waals surface area contributed by atoms with Gasteiger partial charge in [0.05, 0.1) is 0 Å². The minimum Gasteiger partial charge on any atom is -0.356 e. The van der Waals surface area contributed by atoms with Gasteiger partial charge in [-0.3, -0.25) is 0 Å². The van der Waals surface area contributed by atoms with Crippen molar-refractivity contribution in [2.24, 2.45) is 0 Å². The van der Waals surface area contributed by atoms with E-state index in [0.717, 1.165) is 0 Å². The molecule has 0 saturated carbocycles. The summed E-state index contributed by atoms with van der Waals surface area (Å²) in [6, 6.07) is 13.1. The fourth-order valence-electron chi connectivity index (χ4n) is 2.55. The first-order valence-corrected chi connectivity index (χ1v) is 9.16. The molecule has 3 aromatic rings. The Morgan fingerprint density at radius 3 is 2.71 bits per heavy atom. The Hall–Kier alpha value is -2.25. The molecule has 0 radical (unpaired) electrons. The van der Waals surface area contributed by atoms with Crippen LogP contribution < -0.4 is 0 Å². The Labute approximate surface area is 139 Å². The largest absolute Gasteiger partial charge is 0.356 e. The van der Waals surface area contributed by atoms with E-state index in [4.69, 9.17) is 4.52 Å². The van der Waals surface area contributed by atoms with Crippen LogP contribution in [0.15, 0.2) is 53.1 Å². The molecule has 0 amide bonds. The lowest BCUT2D eigenvalue weighted by atomic mass is 10.2. The van der Waals surface area contributed by atoms with Gasteiger partial charge in [0.1, 0.15) is 17.3 Å². The number of nitrogens with zero attached hydrogens (tertiary/aromatic N) is 2. The van der Waals surface area contributed by atoms with E-state index in [1.165, 1.54) is 16.4 Å². The zero-order chi connectivity index (χ0) is 17.2. The first-order valence-electron chi connectivity index (χ1n) is 7.55. The lowest BCUT2D eigenvalue weighted by Gasteiger charge is -2.20. The van der Waals surface area contributed by atoms with Gasteiger partial charge in [-0.15, -0.1) is 0 Å². The third-order valence-corrected chi connectivity index (χ3v) is 5.58. The molecule has 0 fully saturated rings. The van der Waals surface area contributed by atoms with Gasteiger partial charge in [0.2, 0.25) is 10.0 Å². The van der Waals surface area contributed by atoms with Gasteiger partial charge in [0, 0.05) is 18.5 Å². The highest BCUT2D eigenvalue weighted by Crippen LogP contribution is 2.22. The van der Waals surface area contributed by atoms with Gasteiger partial charge < -0.3 is 4.52 Å². The van der Waals surface area contributed by atoms with E-state index in [1.54, 1.807) is 43.3 Å². The minimum absolute atomic E-state index is 0.117. The molecule has 1 aromatic heterocycles. The fourth-order valence-corrected chi connectivity index (χ4v) is 4.03. The summed E-state index contributed by atoms with van der Waals surface area (Å²) in [5.41, 5.74) is 1.53. The number of halogens is 1. The Morgan fingerprint density at radius 1 is 1.17 bits per heavy atom. The average molecular weight is 348 g/mol. The number of para-hydroxylation sites is 1. The van der Waals surface area contributed by atoms with Gasteiger partial charge in [-0.25, -0.2) is 12.8 Å². The van der Waals surface area contributed by atoms with E-state index >= 15 is 0 Å². The number of hydrogen-bond donors (Lipinski definition) is 0. The van der Waals surface area contributed by atoms with Gasteiger partial charge >= 0.3 is 0 Å². The van der Waals surface area contributed by atoms with Crippen molar-refractivity contribution in [2.45, 2.75) is 19.2 Å². The minimum atomic E-state index is -3.61. The second-order valence-corrected chi connectivity index (χ2v) is 7.41. The van der Waals surface area contributed by atoms with Gasteiger partial charge in [-0.1, -0.05) is 36.3 Å². The summed E-state index contributed by atoms with van der Waals surface area (Å²) in [7, 11) is -3.61. The molecule has 0 aliphatic carbocycles. The molecule has 5 nitrogen and oxygen atoms in total. The highest BCUT2D eigenvalue weighted by Gasteiger charge is 2.24. The first kappa shape index (κ1) is 16.6. The Kier molecular flexibility index (Phi) is 4.64. The normalized spacial score (nSPS) is 12.1. The van der Waals surface area contributed by atoms with Crippen molar-refractivity contribution in [3.8, 4) is 0 Å². The van der Waals surface area contributed by atoms with Crippen LogP contribution in [0.25, 0.3) is 11.0 Å². The van der Waals surface area contributed by atoms with Gasteiger partial charge in [-0.05, 0) is 29.8 Å². The monoisotopic (exact) mass is 348 g/mol. The van der Waals surface area contributed by atoms with Gasteiger partial charge in [0.15, 0.2) is 5.58 Å². The summed E-state index contributed by atoms with van der Waals surface area (Å²) >= 11 is 0. The van der Waals surface area contributed by atoms with Crippen LogP contribution in [0.3, 0.4) is 0 Å². The number of rotatable bonds is 6. The maximum Gasteiger partial charge on any atom is 0.220 e. The van der Waals surface area contributed by atoms with Crippen LogP contribution in [0.1, 0.15) is 18.2 Å². The molecule has 0 atom stereocenters. The maximum absolute atomic E-state index is 13.3. The molecule has 0 saturated heterocycles. The van der Waals surface area contributed by atoms with E-state index in [0.29, 0.717) is 22.2 Å². The molecule has 0 N–H and O–H groups in total. The molecule has 0 aliphatic heterocycles. The molecule has 1 heterocycles. The van der Waals surface area contributed by atoms with Crippen molar-refractivity contribution in [3.63, 3.8) is 0 Å². The number of fused-ring (bicyclic) bond motifs is 1. The maximum atomic E-state index is 13.3. The van der Waals surface area contributed by atoms with Crippen molar-refractivity contribution in [1.29, 1.82) is 0 Å². The Balaban J connectivity index is 1.85. The van der Waals surface area contributed by atoms with Crippen molar-refractivity contribution in [3.05, 3.63) is 65.6 Å². The number of hydrogen-bond acceptors (Lipinski definition) is 4. The molecule has 7 heteroatoms. The zero-order valence-electron chi connectivity index (χ0n) is 13.1. The summed E-state index contributed by atoms with van der Waals surface area (Å²) in [6.07, 6.45) is 0. The second-order valence-electron chi connectivity index (χ2n) is 5.44. The van der Waals surface area contributed by atoms with E-state index in [2.05, 4.69) is 5.16 Å². The van der Waals surface area contributed by atoms with Crippen molar-refractivity contribution in [1.82, 2.24) is 9.46 Å². The highest BCUT2D eigenvalue weighted by molar-refractivity contribution is 7.88. The molecular formula is C17H17FN2O3S. The molecule has 24 heavy (non-hydrogen) atoms.